The van der Waals surface area contributed by atoms with Crippen molar-refractivity contribution >= 4 is 27.3 Å². The maximum Gasteiger partial charge on any atom is 0.415 e. The lowest BCUT2D eigenvalue weighted by molar-refractivity contribution is 0.395. The minimum atomic E-state index is -1.27. The van der Waals surface area contributed by atoms with Crippen molar-refractivity contribution in [1.82, 2.24) is 8.96 Å². The Morgan fingerprint density at radius 2 is 1.35 bits per heavy atom. The van der Waals surface area contributed by atoms with Gasteiger partial charge in [-0.05, 0) is 0 Å². The summed E-state index contributed by atoms with van der Waals surface area (Å²) in [6.07, 6.45) is 2.22. The summed E-state index contributed by atoms with van der Waals surface area (Å²) in [5, 5.41) is 0. The molecular formula is C5H2B2N4O6. The van der Waals surface area contributed by atoms with Gasteiger partial charge in [0, 0.05) is 0 Å². The Bertz CT molecular complexity index is 632. The number of aromatic nitrogens is 2. The van der Waals surface area contributed by atoms with Crippen molar-refractivity contribution < 1.29 is 14.0 Å². The van der Waals surface area contributed by atoms with E-state index in [0.29, 0.717) is 8.96 Å². The van der Waals surface area contributed by atoms with Gasteiger partial charge in [0.05, 0.1) is 0 Å². The average Bonchev–Trinajstić information content (AvgIpc) is 2.28. The van der Waals surface area contributed by atoms with Crippen LogP contribution in [0.2, 0.25) is 0 Å². The van der Waals surface area contributed by atoms with Crippen molar-refractivity contribution in [1.29, 1.82) is 0 Å². The van der Waals surface area contributed by atoms with E-state index in [1.807, 2.05) is 0 Å². The number of hydrogen-bond donors (Lipinski definition) is 0. The topological polar surface area (TPSA) is 133 Å². The van der Waals surface area contributed by atoms with Crippen LogP contribution in [0.25, 0.3) is 0 Å². The third-order valence-electron chi connectivity index (χ3n) is 1.63. The molecule has 10 nitrogen and oxygen atoms in total. The van der Waals surface area contributed by atoms with Crippen LogP contribution in [0.5, 0.6) is 0 Å². The fourth-order valence-corrected chi connectivity index (χ4v) is 0.922. The van der Waals surface area contributed by atoms with E-state index in [4.69, 9.17) is 0 Å². The standard InChI is InChI=1S/C5H2B2N4O6/c12-1-8-6-10-3(14)11(7-9-2-13)5(16)17-4(10)15/h6-7H. The molecule has 1 heterocycles. The molecule has 1 aromatic heterocycles. The molecule has 1 aromatic rings. The highest BCUT2D eigenvalue weighted by Crippen LogP contribution is 1.67. The van der Waals surface area contributed by atoms with Gasteiger partial charge in [-0.1, -0.05) is 0 Å². The van der Waals surface area contributed by atoms with E-state index in [1.54, 1.807) is 0 Å². The third-order valence-corrected chi connectivity index (χ3v) is 1.63. The Morgan fingerprint density at radius 1 is 0.941 bits per heavy atom. The van der Waals surface area contributed by atoms with Crippen LogP contribution in [0.1, 0.15) is 0 Å². The maximum absolute atomic E-state index is 11.5. The van der Waals surface area contributed by atoms with E-state index in [0.717, 1.165) is 12.2 Å². The number of hydrogen-bond acceptors (Lipinski definition) is 8. The normalized spacial score (nSPS) is 8.71. The first-order chi connectivity index (χ1) is 8.11. The Kier molecular flexibility index (Phi) is 3.93. The second kappa shape index (κ2) is 5.40. The molecular weight excluding hydrogens is 234 g/mol. The first-order valence-corrected chi connectivity index (χ1v) is 4.04. The zero-order chi connectivity index (χ0) is 12.8. The zero-order valence-electron chi connectivity index (χ0n) is 8.15. The Hall–Kier alpha value is -2.70. The van der Waals surface area contributed by atoms with E-state index < -0.39 is 32.3 Å². The van der Waals surface area contributed by atoms with Gasteiger partial charge in [-0.2, -0.15) is 0 Å². The molecule has 0 aromatic carbocycles. The van der Waals surface area contributed by atoms with E-state index in [2.05, 4.69) is 14.2 Å². The van der Waals surface area contributed by atoms with Crippen LogP contribution < -0.4 is 17.2 Å². The summed E-state index contributed by atoms with van der Waals surface area (Å²) >= 11 is 0. The van der Waals surface area contributed by atoms with Gasteiger partial charge < -0.3 is 4.42 Å². The van der Waals surface area contributed by atoms with Crippen LogP contribution in [0.4, 0.5) is 0 Å². The summed E-state index contributed by atoms with van der Waals surface area (Å²) in [6.45, 7) is 0. The molecule has 1 rings (SSSR count). The predicted molar refractivity (Wildman–Crippen MR) is 54.8 cm³/mol. The monoisotopic (exact) mass is 236 g/mol. The van der Waals surface area contributed by atoms with Crippen LogP contribution >= 0.6 is 0 Å². The van der Waals surface area contributed by atoms with Gasteiger partial charge in [-0.25, -0.2) is 33.8 Å². The van der Waals surface area contributed by atoms with Gasteiger partial charge in [0.2, 0.25) is 12.2 Å². The Balaban J connectivity index is 3.47. The van der Waals surface area contributed by atoms with E-state index >= 15 is 0 Å². The van der Waals surface area contributed by atoms with Crippen LogP contribution in [0.3, 0.4) is 0 Å². The van der Waals surface area contributed by atoms with Crippen molar-refractivity contribution in [3.8, 4) is 0 Å². The molecule has 0 saturated carbocycles. The second-order valence-corrected chi connectivity index (χ2v) is 2.55. The Labute approximate surface area is 92.5 Å². The molecule has 0 radical (unpaired) electrons. The van der Waals surface area contributed by atoms with Crippen molar-refractivity contribution in [3.63, 3.8) is 0 Å². The van der Waals surface area contributed by atoms with Gasteiger partial charge in [0.1, 0.15) is 0 Å². The number of carbonyl (C=O) groups excluding carboxylic acids is 2. The lowest BCUT2D eigenvalue weighted by atomic mass is 10.2. The molecule has 17 heavy (non-hydrogen) atoms. The molecule has 0 aliphatic heterocycles. The van der Waals surface area contributed by atoms with Crippen molar-refractivity contribution in [2.75, 3.05) is 0 Å². The number of isocyanates is 2. The molecule has 0 bridgehead atoms. The summed E-state index contributed by atoms with van der Waals surface area (Å²) in [5.74, 6) is -2.55. The van der Waals surface area contributed by atoms with Crippen LogP contribution in [0.15, 0.2) is 28.6 Å². The molecule has 0 unspecified atom stereocenters. The zero-order valence-corrected chi connectivity index (χ0v) is 8.15. The predicted octanol–water partition coefficient (Wildman–Crippen LogP) is -4.14. The van der Waals surface area contributed by atoms with E-state index in [1.165, 1.54) is 0 Å². The molecule has 12 heteroatoms. The summed E-state index contributed by atoms with van der Waals surface area (Å²) in [7, 11) is -1.29. The van der Waals surface area contributed by atoms with Gasteiger partial charge in [0.15, 0.2) is 0 Å². The lowest BCUT2D eigenvalue weighted by Crippen LogP contribution is -2.49. The summed E-state index contributed by atoms with van der Waals surface area (Å²) < 4.78 is 4.88. The summed E-state index contributed by atoms with van der Waals surface area (Å²) in [4.78, 5) is 59.3. The van der Waals surface area contributed by atoms with Gasteiger partial charge >= 0.3 is 32.3 Å². The van der Waals surface area contributed by atoms with Gasteiger partial charge in [0.25, 0.3) is 0 Å². The fraction of sp³-hybridized carbons (Fsp3) is 0. The van der Waals surface area contributed by atoms with E-state index in [9.17, 15) is 24.0 Å². The molecule has 0 N–H and O–H groups in total. The van der Waals surface area contributed by atoms with Crippen molar-refractivity contribution in [2.24, 2.45) is 9.81 Å². The molecule has 0 aliphatic rings. The highest BCUT2D eigenvalue weighted by atomic mass is 16.5. The molecule has 0 saturated heterocycles. The second-order valence-electron chi connectivity index (χ2n) is 2.55. The maximum atomic E-state index is 11.5. The lowest BCUT2D eigenvalue weighted by Gasteiger charge is -1.99. The van der Waals surface area contributed by atoms with Gasteiger partial charge in [-0.3, -0.25) is 8.96 Å². The average molecular weight is 236 g/mol. The van der Waals surface area contributed by atoms with Crippen molar-refractivity contribution in [3.05, 3.63) is 31.6 Å². The minimum absolute atomic E-state index is 0.368. The van der Waals surface area contributed by atoms with Crippen LogP contribution in [-0.2, 0) is 9.59 Å². The summed E-state index contributed by atoms with van der Waals surface area (Å²) in [5.41, 5.74) is -1.11. The fourth-order valence-electron chi connectivity index (χ4n) is 0.922. The Morgan fingerprint density at radius 3 is 1.71 bits per heavy atom. The van der Waals surface area contributed by atoms with Crippen LogP contribution in [0, 0.1) is 0 Å². The summed E-state index contributed by atoms with van der Waals surface area (Å²) in [6, 6.07) is 0. The SMILES string of the molecule is O=C=NBn1c(=O)oc(=O)n(BN=C=O)c1=O. The van der Waals surface area contributed by atoms with Crippen LogP contribution in [-0.4, -0.2) is 36.2 Å². The molecule has 0 amide bonds. The van der Waals surface area contributed by atoms with E-state index in [-0.39, 0.29) is 0 Å². The molecule has 0 aliphatic carbocycles. The highest BCUT2D eigenvalue weighted by Gasteiger charge is 2.12. The quantitative estimate of drug-likeness (QED) is 0.296. The molecule has 0 atom stereocenters. The number of nitrogens with zero attached hydrogens (tertiary/aromatic N) is 4. The first-order valence-electron chi connectivity index (χ1n) is 4.04. The van der Waals surface area contributed by atoms with Crippen molar-refractivity contribution in [2.45, 2.75) is 0 Å². The third kappa shape index (κ3) is 2.65. The first kappa shape index (κ1) is 12.4. The minimum Gasteiger partial charge on any atom is -0.360 e. The molecule has 84 valence electrons. The largest absolute Gasteiger partial charge is 0.415 e. The highest BCUT2D eigenvalue weighted by molar-refractivity contribution is 6.33. The molecule has 0 fully saturated rings. The van der Waals surface area contributed by atoms with Gasteiger partial charge in [-0.15, -0.1) is 0 Å². The number of rotatable bonds is 4. The molecule has 0 spiro atoms. The smallest absolute Gasteiger partial charge is 0.360 e.